The highest BCUT2D eigenvalue weighted by molar-refractivity contribution is 7.89. The fourth-order valence-corrected chi connectivity index (χ4v) is 5.25. The van der Waals surface area contributed by atoms with E-state index >= 15 is 0 Å². The van der Waals surface area contributed by atoms with Gasteiger partial charge in [0.05, 0.1) is 10.9 Å². The zero-order valence-electron chi connectivity index (χ0n) is 18.4. The monoisotopic (exact) mass is 429 g/mol. The van der Waals surface area contributed by atoms with Gasteiger partial charge in [-0.3, -0.25) is 4.79 Å². The van der Waals surface area contributed by atoms with Gasteiger partial charge in [-0.25, -0.2) is 8.42 Å². The van der Waals surface area contributed by atoms with E-state index in [0.717, 1.165) is 11.1 Å². The van der Waals surface area contributed by atoms with E-state index in [9.17, 15) is 13.2 Å². The molecule has 0 spiro atoms. The van der Waals surface area contributed by atoms with E-state index in [0.29, 0.717) is 31.7 Å². The van der Waals surface area contributed by atoms with Crippen molar-refractivity contribution in [2.24, 2.45) is 0 Å². The quantitative estimate of drug-likeness (QED) is 0.793. The number of piperazine rings is 1. The Morgan fingerprint density at radius 3 is 2.27 bits per heavy atom. The lowest BCUT2D eigenvalue weighted by Crippen LogP contribution is -2.47. The first-order chi connectivity index (χ1) is 14.1. The molecule has 1 aliphatic heterocycles. The summed E-state index contributed by atoms with van der Waals surface area (Å²) in [6.45, 7) is 10.4. The van der Waals surface area contributed by atoms with Gasteiger partial charge in [-0.1, -0.05) is 18.2 Å². The van der Waals surface area contributed by atoms with Crippen LogP contribution in [-0.2, 0) is 10.0 Å². The normalized spacial score (nSPS) is 17.0. The van der Waals surface area contributed by atoms with Crippen molar-refractivity contribution in [3.63, 3.8) is 0 Å². The average Bonchev–Trinajstić information content (AvgIpc) is 2.71. The van der Waals surface area contributed by atoms with Crippen molar-refractivity contribution >= 4 is 15.9 Å². The smallest absolute Gasteiger partial charge is 0.251 e. The number of hydrogen-bond donors (Lipinski definition) is 1. The molecule has 0 bridgehead atoms. The molecule has 6 nitrogen and oxygen atoms in total. The van der Waals surface area contributed by atoms with Crippen LogP contribution in [0.1, 0.15) is 45.6 Å². The molecule has 0 saturated carbocycles. The van der Waals surface area contributed by atoms with Gasteiger partial charge in [0.2, 0.25) is 10.0 Å². The third-order valence-corrected chi connectivity index (χ3v) is 7.79. The number of hydrogen-bond acceptors (Lipinski definition) is 4. The van der Waals surface area contributed by atoms with E-state index in [4.69, 9.17) is 0 Å². The molecule has 7 heteroatoms. The van der Waals surface area contributed by atoms with Crippen LogP contribution in [-0.4, -0.2) is 56.8 Å². The van der Waals surface area contributed by atoms with Gasteiger partial charge in [-0.15, -0.1) is 0 Å². The van der Waals surface area contributed by atoms with Crippen molar-refractivity contribution in [3.05, 3.63) is 64.2 Å². The van der Waals surface area contributed by atoms with E-state index in [1.165, 1.54) is 21.5 Å². The highest BCUT2D eigenvalue weighted by atomic mass is 32.2. The largest absolute Gasteiger partial charge is 0.346 e. The number of nitrogens with zero attached hydrogens (tertiary/aromatic N) is 2. The highest BCUT2D eigenvalue weighted by Crippen LogP contribution is 2.23. The van der Waals surface area contributed by atoms with Gasteiger partial charge in [0.15, 0.2) is 0 Å². The van der Waals surface area contributed by atoms with Gasteiger partial charge < -0.3 is 10.2 Å². The average molecular weight is 430 g/mol. The second-order valence-electron chi connectivity index (χ2n) is 8.22. The van der Waals surface area contributed by atoms with Gasteiger partial charge in [0.25, 0.3) is 5.91 Å². The van der Waals surface area contributed by atoms with Crippen molar-refractivity contribution < 1.29 is 13.2 Å². The molecule has 1 saturated heterocycles. The van der Waals surface area contributed by atoms with E-state index in [1.807, 2.05) is 20.9 Å². The predicted molar refractivity (Wildman–Crippen MR) is 119 cm³/mol. The van der Waals surface area contributed by atoms with Crippen LogP contribution in [0.3, 0.4) is 0 Å². The molecule has 0 aromatic heterocycles. The van der Waals surface area contributed by atoms with Gasteiger partial charge >= 0.3 is 0 Å². The number of rotatable bonds is 5. The number of amides is 1. The van der Waals surface area contributed by atoms with Crippen LogP contribution >= 0.6 is 0 Å². The molecule has 1 heterocycles. The van der Waals surface area contributed by atoms with Crippen LogP contribution < -0.4 is 5.32 Å². The Balaban J connectivity index is 1.78. The van der Waals surface area contributed by atoms with Crippen LogP contribution in [0.2, 0.25) is 0 Å². The second-order valence-corrected chi connectivity index (χ2v) is 10.2. The number of sulfonamides is 1. The molecule has 0 radical (unpaired) electrons. The molecule has 2 aromatic carbocycles. The molecule has 0 aliphatic carbocycles. The van der Waals surface area contributed by atoms with Gasteiger partial charge in [-0.05, 0) is 75.2 Å². The number of likely N-dealkylation sites (N-methyl/N-ethyl adjacent to an activating group) is 1. The maximum Gasteiger partial charge on any atom is 0.251 e. The van der Waals surface area contributed by atoms with Crippen LogP contribution in [0.5, 0.6) is 0 Å². The van der Waals surface area contributed by atoms with Crippen molar-refractivity contribution in [2.45, 2.75) is 38.6 Å². The first-order valence-electron chi connectivity index (χ1n) is 10.3. The molecule has 30 heavy (non-hydrogen) atoms. The lowest BCUT2D eigenvalue weighted by molar-refractivity contribution is 0.0939. The molecule has 1 atom stereocenters. The fourth-order valence-electron chi connectivity index (χ4n) is 3.78. The number of carbonyl (C=O) groups excluding carboxylic acids is 1. The summed E-state index contributed by atoms with van der Waals surface area (Å²) in [4.78, 5) is 15.1. The second kappa shape index (κ2) is 8.88. The first-order valence-corrected chi connectivity index (χ1v) is 11.7. The molecule has 162 valence electrons. The molecule has 1 aliphatic rings. The third-order valence-electron chi connectivity index (χ3n) is 5.89. The lowest BCUT2D eigenvalue weighted by Gasteiger charge is -2.31. The number of nitrogens with one attached hydrogen (secondary N) is 1. The van der Waals surface area contributed by atoms with Gasteiger partial charge in [-0.2, -0.15) is 4.31 Å². The summed E-state index contributed by atoms with van der Waals surface area (Å²) in [5.74, 6) is -0.282. The minimum atomic E-state index is -3.61. The summed E-state index contributed by atoms with van der Waals surface area (Å²) in [5, 5.41) is 3.01. The number of aryl methyl sites for hydroxylation is 3. The number of benzene rings is 2. The Bertz CT molecular complexity index is 1040. The molecule has 3 rings (SSSR count). The molecule has 1 fully saturated rings. The molecule has 1 amide bonds. The van der Waals surface area contributed by atoms with Crippen molar-refractivity contribution in [1.29, 1.82) is 0 Å². The van der Waals surface area contributed by atoms with Crippen molar-refractivity contribution in [2.75, 3.05) is 33.2 Å². The fraction of sp³-hybridized carbons (Fsp3) is 0.435. The van der Waals surface area contributed by atoms with E-state index in [1.54, 1.807) is 18.2 Å². The van der Waals surface area contributed by atoms with Crippen LogP contribution in [0.25, 0.3) is 0 Å². The van der Waals surface area contributed by atoms with Gasteiger partial charge in [0, 0.05) is 31.7 Å². The van der Waals surface area contributed by atoms with Crippen LogP contribution in [0.4, 0.5) is 0 Å². The maximum absolute atomic E-state index is 13.0. The Morgan fingerprint density at radius 2 is 1.60 bits per heavy atom. The summed E-state index contributed by atoms with van der Waals surface area (Å²) in [5.41, 5.74) is 4.93. The number of carbonyl (C=O) groups is 1. The van der Waals surface area contributed by atoms with Crippen molar-refractivity contribution in [3.8, 4) is 0 Å². The summed E-state index contributed by atoms with van der Waals surface area (Å²) in [7, 11) is -1.63. The Kier molecular flexibility index (Phi) is 6.65. The Labute approximate surface area is 179 Å². The SMILES string of the molecule is Cc1cc(C)c([C@H](C)NC(=O)c2cccc(S(=O)(=O)N3CCN(C)CC3)c2)cc1C. The predicted octanol–water partition coefficient (Wildman–Crippen LogP) is 3.04. The minimum Gasteiger partial charge on any atom is -0.346 e. The molecular formula is C23H31N3O3S. The molecule has 0 unspecified atom stereocenters. The Morgan fingerprint density at radius 1 is 0.967 bits per heavy atom. The summed E-state index contributed by atoms with van der Waals surface area (Å²) >= 11 is 0. The van der Waals surface area contributed by atoms with E-state index < -0.39 is 10.0 Å². The van der Waals surface area contributed by atoms with E-state index in [-0.39, 0.29) is 16.8 Å². The summed E-state index contributed by atoms with van der Waals surface area (Å²) in [6.07, 6.45) is 0. The topological polar surface area (TPSA) is 69.7 Å². The standard InChI is InChI=1S/C23H31N3O3S/c1-16-13-18(3)22(14-17(16)2)19(4)24-23(27)20-7-6-8-21(15-20)30(28,29)26-11-9-25(5)10-12-26/h6-8,13-15,19H,9-12H2,1-5H3,(H,24,27)/t19-/m0/s1. The third kappa shape index (κ3) is 4.74. The van der Waals surface area contributed by atoms with E-state index in [2.05, 4.69) is 36.2 Å². The molecule has 2 aromatic rings. The first kappa shape index (κ1) is 22.5. The minimum absolute atomic E-state index is 0.162. The maximum atomic E-state index is 13.0. The molecule has 1 N–H and O–H groups in total. The summed E-state index contributed by atoms with van der Waals surface area (Å²) in [6, 6.07) is 10.3. The zero-order chi connectivity index (χ0) is 22.1. The lowest BCUT2D eigenvalue weighted by atomic mass is 9.96. The Hall–Kier alpha value is -2.22. The zero-order valence-corrected chi connectivity index (χ0v) is 19.2. The van der Waals surface area contributed by atoms with Gasteiger partial charge in [0.1, 0.15) is 0 Å². The molecular weight excluding hydrogens is 398 g/mol. The highest BCUT2D eigenvalue weighted by Gasteiger charge is 2.28. The van der Waals surface area contributed by atoms with Crippen LogP contribution in [0, 0.1) is 20.8 Å². The van der Waals surface area contributed by atoms with Crippen molar-refractivity contribution in [1.82, 2.24) is 14.5 Å². The summed E-state index contributed by atoms with van der Waals surface area (Å²) < 4.78 is 27.5. The van der Waals surface area contributed by atoms with Crippen LogP contribution in [0.15, 0.2) is 41.3 Å².